The van der Waals surface area contributed by atoms with Crippen LogP contribution in [0.5, 0.6) is 46.0 Å². The van der Waals surface area contributed by atoms with Crippen molar-refractivity contribution in [1.82, 2.24) is 0 Å². The number of benzene rings is 4. The molecule has 0 aromatic heterocycles. The number of ether oxygens (including phenoxy) is 2. The molecule has 5 rings (SSSR count). The second-order valence-electron chi connectivity index (χ2n) is 11.8. The van der Waals surface area contributed by atoms with E-state index in [-0.39, 0.29) is 109 Å². The molecule has 0 saturated carbocycles. The van der Waals surface area contributed by atoms with Gasteiger partial charge in [-0.05, 0) is 82.4 Å². The molecule has 1 aliphatic carbocycles. The first-order chi connectivity index (χ1) is 24.5. The topological polar surface area (TPSA) is 295 Å². The largest absolute Gasteiger partial charge is 1.00 e. The number of hydrogen-bond acceptors (Lipinski definition) is 16. The number of carboxylic acid groups (broad SMARTS) is 2. The van der Waals surface area contributed by atoms with Gasteiger partial charge in [0.25, 0.3) is 0 Å². The molecule has 0 aliphatic heterocycles. The van der Waals surface area contributed by atoms with Gasteiger partial charge in [0.2, 0.25) is 0 Å². The molecule has 0 unspecified atom stereocenters. The van der Waals surface area contributed by atoms with Crippen LogP contribution in [0.2, 0.25) is 0 Å². The minimum absolute atomic E-state index is 0. The minimum atomic E-state index is -2.09. The normalized spacial score (nSPS) is 15.5. The zero-order chi connectivity index (χ0) is 38.0. The molecule has 1 aliphatic rings. The predicted octanol–water partition coefficient (Wildman–Crippen LogP) is -5.71. The number of carbonyl (C=O) groups is 4. The number of phenolic OH excluding ortho intramolecular Hbond substituents is 8. The van der Waals surface area contributed by atoms with E-state index in [9.17, 15) is 70.2 Å². The van der Waals surface area contributed by atoms with E-state index in [2.05, 4.69) is 0 Å². The summed E-state index contributed by atoms with van der Waals surface area (Å²) in [5, 5.41) is 104. The Morgan fingerprint density at radius 1 is 0.593 bits per heavy atom. The number of aliphatic carboxylic acids is 2. The average molecular weight is 779 g/mol. The number of phenols is 8. The quantitative estimate of drug-likeness (QED) is 0.0400. The molecule has 270 valence electrons. The molecule has 4 atom stereocenters. The Morgan fingerprint density at radius 3 is 1.52 bits per heavy atom. The zero-order valence-corrected chi connectivity index (χ0v) is 33.6. The summed E-state index contributed by atoms with van der Waals surface area (Å²) < 4.78 is 10.6. The fourth-order valence-electron chi connectivity index (χ4n) is 5.75. The Labute approximate surface area is 369 Å². The van der Waals surface area contributed by atoms with Crippen molar-refractivity contribution in [2.24, 2.45) is 5.92 Å². The van der Waals surface area contributed by atoms with Gasteiger partial charge >= 0.3 is 92.9 Å². The molecule has 0 heterocycles. The van der Waals surface area contributed by atoms with E-state index in [0.717, 1.165) is 54.6 Å². The van der Waals surface area contributed by atoms with Crippen molar-refractivity contribution >= 4 is 30.0 Å². The third-order valence-electron chi connectivity index (χ3n) is 8.30. The van der Waals surface area contributed by atoms with Crippen LogP contribution in [0.3, 0.4) is 0 Å². The Kier molecular flexibility index (Phi) is 14.8. The SMILES string of the molecule is O=C(O[C@H](Cc1ccc(O)c(O)c1)C(=O)[O-])C1=Cc2cc(O)c(O)cc2[C@@H](c2ccc(O)c(O)c2)[C@@H]1C(=O)O[C@H](Cc1ccc(O)c(O)c1)C(=O)[O-].[K+].[Na+]. The molecule has 8 N–H and O–H groups in total. The van der Waals surface area contributed by atoms with Crippen molar-refractivity contribution in [2.45, 2.75) is 31.0 Å². The molecule has 18 heteroatoms. The standard InChI is InChI=1S/C36H30O16.K.Na/c37-21-4-1-15(7-24(21)40)9-29(33(45)46)51-35(49)20-11-18-13-27(43)28(44)14-19(18)31(17-3-6-23(39)26(42)12-17)32(20)36(50)52-30(34(47)48)10-16-2-5-22(38)25(41)8-16;;/h1-8,11-14,29-32,37-44H,9-10H2,(H,45,46)(H,47,48);;/q;2*+1/p-2/t29-,30-,31-,32-;;/m1../s1. The van der Waals surface area contributed by atoms with Gasteiger partial charge in [0, 0.05) is 18.8 Å². The molecule has 4 aromatic carbocycles. The van der Waals surface area contributed by atoms with Crippen LogP contribution in [0, 0.1) is 5.92 Å². The number of carbonyl (C=O) groups excluding carboxylic acids is 4. The average Bonchev–Trinajstić information content (AvgIpc) is 3.08. The molecule has 4 aromatic rings. The van der Waals surface area contributed by atoms with Crippen LogP contribution in [0.4, 0.5) is 0 Å². The summed E-state index contributed by atoms with van der Waals surface area (Å²) in [6, 6.07) is 11.8. The minimum Gasteiger partial charge on any atom is -0.546 e. The van der Waals surface area contributed by atoms with E-state index in [1.165, 1.54) is 18.2 Å². The molecule has 0 amide bonds. The first-order valence-corrected chi connectivity index (χ1v) is 15.2. The van der Waals surface area contributed by atoms with Crippen LogP contribution in [-0.4, -0.2) is 76.9 Å². The van der Waals surface area contributed by atoms with E-state index in [0.29, 0.717) is 0 Å². The molecule has 0 spiro atoms. The molecule has 54 heavy (non-hydrogen) atoms. The summed E-state index contributed by atoms with van der Waals surface area (Å²) in [5.74, 6) is -15.1. The van der Waals surface area contributed by atoms with E-state index in [1.54, 1.807) is 0 Å². The van der Waals surface area contributed by atoms with Gasteiger partial charge in [-0.15, -0.1) is 0 Å². The van der Waals surface area contributed by atoms with Gasteiger partial charge in [0.05, 0.1) is 23.4 Å². The van der Waals surface area contributed by atoms with Crippen LogP contribution < -0.4 is 91.2 Å². The van der Waals surface area contributed by atoms with Crippen molar-refractivity contribution in [3.8, 4) is 46.0 Å². The van der Waals surface area contributed by atoms with Crippen LogP contribution in [0.15, 0.2) is 72.3 Å². The Hall–Kier alpha value is -4.46. The van der Waals surface area contributed by atoms with Crippen molar-refractivity contribution in [3.63, 3.8) is 0 Å². The molecular formula is C36H28KNaO16. The fourth-order valence-corrected chi connectivity index (χ4v) is 5.75. The molecule has 0 bridgehead atoms. The van der Waals surface area contributed by atoms with Crippen LogP contribution >= 0.6 is 0 Å². The molecule has 0 fully saturated rings. The number of rotatable bonds is 11. The van der Waals surface area contributed by atoms with Gasteiger partial charge in [0.1, 0.15) is 12.2 Å². The fraction of sp³-hybridized carbons (Fsp3) is 0.167. The second kappa shape index (κ2) is 18.2. The summed E-state index contributed by atoms with van der Waals surface area (Å²) in [6.45, 7) is 0. The van der Waals surface area contributed by atoms with Gasteiger partial charge in [-0.25, -0.2) is 4.79 Å². The Morgan fingerprint density at radius 2 is 1.04 bits per heavy atom. The third-order valence-corrected chi connectivity index (χ3v) is 8.30. The summed E-state index contributed by atoms with van der Waals surface area (Å²) in [7, 11) is 0. The van der Waals surface area contributed by atoms with Crippen molar-refractivity contribution in [1.29, 1.82) is 0 Å². The Bertz CT molecular complexity index is 2130. The predicted molar refractivity (Wildman–Crippen MR) is 170 cm³/mol. The van der Waals surface area contributed by atoms with Gasteiger partial charge < -0.3 is 70.1 Å². The third kappa shape index (κ3) is 9.79. The maximum absolute atomic E-state index is 14.2. The van der Waals surface area contributed by atoms with Crippen LogP contribution in [0.25, 0.3) is 6.08 Å². The van der Waals surface area contributed by atoms with Gasteiger partial charge in [-0.3, -0.25) is 4.79 Å². The number of carboxylic acids is 2. The van der Waals surface area contributed by atoms with Gasteiger partial charge in [0.15, 0.2) is 46.0 Å². The van der Waals surface area contributed by atoms with Gasteiger partial charge in [-0.2, -0.15) is 0 Å². The first-order valence-electron chi connectivity index (χ1n) is 15.2. The molecule has 0 saturated heterocycles. The van der Waals surface area contributed by atoms with E-state index < -0.39 is 112 Å². The summed E-state index contributed by atoms with van der Waals surface area (Å²) in [4.78, 5) is 52.4. The van der Waals surface area contributed by atoms with Crippen LogP contribution in [0.1, 0.15) is 33.7 Å². The first kappa shape index (κ1) is 43.9. The summed E-state index contributed by atoms with van der Waals surface area (Å²) in [6.07, 6.45) is -4.37. The smallest absolute Gasteiger partial charge is 0.546 e. The number of esters is 2. The van der Waals surface area contributed by atoms with Gasteiger partial charge in [-0.1, -0.05) is 18.2 Å². The van der Waals surface area contributed by atoms with Crippen LogP contribution in [-0.2, 0) is 41.5 Å². The Balaban J connectivity index is 0.00000392. The van der Waals surface area contributed by atoms with Crippen molar-refractivity contribution < 1.29 is 161 Å². The summed E-state index contributed by atoms with van der Waals surface area (Å²) >= 11 is 0. The monoisotopic (exact) mass is 778 g/mol. The second-order valence-corrected chi connectivity index (χ2v) is 11.8. The molecular weight excluding hydrogens is 750 g/mol. The van der Waals surface area contributed by atoms with E-state index in [1.807, 2.05) is 0 Å². The van der Waals surface area contributed by atoms with Crippen molar-refractivity contribution in [2.75, 3.05) is 0 Å². The summed E-state index contributed by atoms with van der Waals surface area (Å²) in [5.41, 5.74) is -0.535. The molecule has 16 nitrogen and oxygen atoms in total. The van der Waals surface area contributed by atoms with E-state index in [4.69, 9.17) is 9.47 Å². The molecule has 0 radical (unpaired) electrons. The maximum atomic E-state index is 14.2. The number of hydrogen-bond donors (Lipinski definition) is 8. The maximum Gasteiger partial charge on any atom is 1.00 e. The van der Waals surface area contributed by atoms with E-state index >= 15 is 0 Å². The number of aromatic hydroxyl groups is 8. The van der Waals surface area contributed by atoms with Crippen molar-refractivity contribution in [3.05, 3.63) is 100 Å². The zero-order valence-electron chi connectivity index (χ0n) is 28.5. The number of fused-ring (bicyclic) bond motifs is 1.